The SMILES string of the molecule is C=C(C)COCCn1cncc1C(C)N. The summed E-state index contributed by atoms with van der Waals surface area (Å²) in [4.78, 5) is 4.07. The predicted octanol–water partition coefficient (Wildman–Crippen LogP) is 1.50. The Kier molecular flexibility index (Phi) is 4.52. The van der Waals surface area contributed by atoms with E-state index in [0.717, 1.165) is 17.8 Å². The number of imidazole rings is 1. The number of hydrogen-bond donors (Lipinski definition) is 1. The van der Waals surface area contributed by atoms with Crippen LogP contribution < -0.4 is 5.73 Å². The van der Waals surface area contributed by atoms with Crippen molar-refractivity contribution in [2.45, 2.75) is 26.4 Å². The Morgan fingerprint density at radius 3 is 3.07 bits per heavy atom. The van der Waals surface area contributed by atoms with Gasteiger partial charge in [0.2, 0.25) is 0 Å². The minimum atomic E-state index is 0.00800. The van der Waals surface area contributed by atoms with Gasteiger partial charge in [0.05, 0.1) is 25.2 Å². The zero-order chi connectivity index (χ0) is 11.3. The zero-order valence-corrected chi connectivity index (χ0v) is 9.44. The first kappa shape index (κ1) is 11.9. The van der Waals surface area contributed by atoms with Crippen LogP contribution in [0.15, 0.2) is 24.7 Å². The average molecular weight is 209 g/mol. The molecule has 84 valence electrons. The third-order valence-corrected chi connectivity index (χ3v) is 2.04. The van der Waals surface area contributed by atoms with Crippen LogP contribution >= 0.6 is 0 Å². The summed E-state index contributed by atoms with van der Waals surface area (Å²) in [7, 11) is 0. The molecular weight excluding hydrogens is 190 g/mol. The van der Waals surface area contributed by atoms with Crippen LogP contribution in [0.1, 0.15) is 25.6 Å². The molecule has 2 N–H and O–H groups in total. The van der Waals surface area contributed by atoms with Crippen molar-refractivity contribution in [2.75, 3.05) is 13.2 Å². The lowest BCUT2D eigenvalue weighted by atomic mass is 10.3. The van der Waals surface area contributed by atoms with Crippen molar-refractivity contribution in [2.24, 2.45) is 5.73 Å². The van der Waals surface area contributed by atoms with E-state index in [0.29, 0.717) is 13.2 Å². The summed E-state index contributed by atoms with van der Waals surface area (Å²) in [5, 5.41) is 0. The number of hydrogen-bond acceptors (Lipinski definition) is 3. The summed E-state index contributed by atoms with van der Waals surface area (Å²) in [6.45, 7) is 9.72. The number of nitrogens with two attached hydrogens (primary N) is 1. The van der Waals surface area contributed by atoms with E-state index < -0.39 is 0 Å². The molecule has 0 aromatic carbocycles. The lowest BCUT2D eigenvalue weighted by Gasteiger charge is -2.10. The Balaban J connectivity index is 2.37. The molecule has 0 amide bonds. The standard InChI is InChI=1S/C11H19N3O/c1-9(2)7-15-5-4-14-8-13-6-11(14)10(3)12/h6,8,10H,1,4-5,7,12H2,2-3H3. The molecule has 1 rings (SSSR count). The van der Waals surface area contributed by atoms with Gasteiger partial charge < -0.3 is 15.0 Å². The summed E-state index contributed by atoms with van der Waals surface area (Å²) >= 11 is 0. The fourth-order valence-electron chi connectivity index (χ4n) is 1.31. The molecule has 1 aromatic heterocycles. The summed E-state index contributed by atoms with van der Waals surface area (Å²) in [5.41, 5.74) is 7.87. The van der Waals surface area contributed by atoms with Gasteiger partial charge in [-0.15, -0.1) is 0 Å². The Morgan fingerprint density at radius 1 is 1.73 bits per heavy atom. The smallest absolute Gasteiger partial charge is 0.0949 e. The van der Waals surface area contributed by atoms with E-state index in [9.17, 15) is 0 Å². The number of nitrogens with zero attached hydrogens (tertiary/aromatic N) is 2. The second kappa shape index (κ2) is 5.68. The van der Waals surface area contributed by atoms with Gasteiger partial charge >= 0.3 is 0 Å². The largest absolute Gasteiger partial charge is 0.375 e. The molecule has 0 aliphatic carbocycles. The maximum atomic E-state index is 5.80. The van der Waals surface area contributed by atoms with Crippen LogP contribution in [0.5, 0.6) is 0 Å². The van der Waals surface area contributed by atoms with Crippen molar-refractivity contribution in [3.8, 4) is 0 Å². The van der Waals surface area contributed by atoms with Crippen molar-refractivity contribution in [3.63, 3.8) is 0 Å². The lowest BCUT2D eigenvalue weighted by Crippen LogP contribution is -2.14. The topological polar surface area (TPSA) is 53.1 Å². The van der Waals surface area contributed by atoms with Gasteiger partial charge in [-0.1, -0.05) is 12.2 Å². The van der Waals surface area contributed by atoms with Crippen LogP contribution in [-0.2, 0) is 11.3 Å². The molecule has 0 saturated carbocycles. The molecule has 1 aromatic rings. The van der Waals surface area contributed by atoms with Crippen LogP contribution in [0.25, 0.3) is 0 Å². The summed E-state index contributed by atoms with van der Waals surface area (Å²) in [6, 6.07) is 0.00800. The van der Waals surface area contributed by atoms with Crippen LogP contribution in [0, 0.1) is 0 Å². The van der Waals surface area contributed by atoms with Crippen molar-refractivity contribution >= 4 is 0 Å². The van der Waals surface area contributed by atoms with E-state index in [1.165, 1.54) is 0 Å². The van der Waals surface area contributed by atoms with Gasteiger partial charge in [0.25, 0.3) is 0 Å². The van der Waals surface area contributed by atoms with Gasteiger partial charge in [-0.25, -0.2) is 4.98 Å². The van der Waals surface area contributed by atoms with E-state index in [2.05, 4.69) is 11.6 Å². The zero-order valence-electron chi connectivity index (χ0n) is 9.44. The lowest BCUT2D eigenvalue weighted by molar-refractivity contribution is 0.146. The fraction of sp³-hybridized carbons (Fsp3) is 0.545. The normalized spacial score (nSPS) is 12.7. The van der Waals surface area contributed by atoms with E-state index in [-0.39, 0.29) is 6.04 Å². The number of ether oxygens (including phenoxy) is 1. The molecule has 0 aliphatic rings. The van der Waals surface area contributed by atoms with Crippen LogP contribution in [-0.4, -0.2) is 22.8 Å². The third-order valence-electron chi connectivity index (χ3n) is 2.04. The Hall–Kier alpha value is -1.13. The van der Waals surface area contributed by atoms with Gasteiger partial charge in [-0.05, 0) is 13.8 Å². The molecule has 0 bridgehead atoms. The van der Waals surface area contributed by atoms with Crippen molar-refractivity contribution < 1.29 is 4.74 Å². The molecule has 0 spiro atoms. The van der Waals surface area contributed by atoms with E-state index in [1.807, 2.05) is 18.4 Å². The molecule has 0 fully saturated rings. The summed E-state index contributed by atoms with van der Waals surface area (Å²) < 4.78 is 7.43. The van der Waals surface area contributed by atoms with E-state index in [1.54, 1.807) is 12.5 Å². The Morgan fingerprint density at radius 2 is 2.47 bits per heavy atom. The molecule has 0 radical (unpaired) electrons. The molecule has 1 atom stereocenters. The summed E-state index contributed by atoms with van der Waals surface area (Å²) in [6.07, 6.45) is 3.58. The highest BCUT2D eigenvalue weighted by Gasteiger charge is 2.05. The Labute approximate surface area is 90.8 Å². The van der Waals surface area contributed by atoms with E-state index >= 15 is 0 Å². The monoisotopic (exact) mass is 209 g/mol. The van der Waals surface area contributed by atoms with Crippen LogP contribution in [0.3, 0.4) is 0 Å². The molecule has 0 saturated heterocycles. The van der Waals surface area contributed by atoms with Gasteiger partial charge in [0, 0.05) is 18.8 Å². The third kappa shape index (κ3) is 3.85. The maximum absolute atomic E-state index is 5.80. The Bertz CT molecular complexity index is 317. The average Bonchev–Trinajstić information content (AvgIpc) is 2.60. The number of rotatable bonds is 6. The molecular formula is C11H19N3O. The van der Waals surface area contributed by atoms with Crippen molar-refractivity contribution in [1.29, 1.82) is 0 Å². The first-order valence-electron chi connectivity index (χ1n) is 5.09. The highest BCUT2D eigenvalue weighted by Crippen LogP contribution is 2.08. The molecule has 15 heavy (non-hydrogen) atoms. The van der Waals surface area contributed by atoms with Crippen LogP contribution in [0.2, 0.25) is 0 Å². The quantitative estimate of drug-likeness (QED) is 0.570. The summed E-state index contributed by atoms with van der Waals surface area (Å²) in [5.74, 6) is 0. The van der Waals surface area contributed by atoms with Gasteiger partial charge in [-0.3, -0.25) is 0 Å². The molecule has 4 heteroatoms. The fourth-order valence-corrected chi connectivity index (χ4v) is 1.31. The maximum Gasteiger partial charge on any atom is 0.0949 e. The second-order valence-electron chi connectivity index (χ2n) is 3.81. The first-order valence-corrected chi connectivity index (χ1v) is 5.09. The molecule has 1 unspecified atom stereocenters. The predicted molar refractivity (Wildman–Crippen MR) is 60.5 cm³/mol. The number of aromatic nitrogens is 2. The van der Waals surface area contributed by atoms with Gasteiger partial charge in [-0.2, -0.15) is 0 Å². The minimum absolute atomic E-state index is 0.00800. The van der Waals surface area contributed by atoms with Gasteiger partial charge in [0.15, 0.2) is 0 Å². The van der Waals surface area contributed by atoms with Crippen LogP contribution in [0.4, 0.5) is 0 Å². The first-order chi connectivity index (χ1) is 7.11. The van der Waals surface area contributed by atoms with Crippen molar-refractivity contribution in [3.05, 3.63) is 30.4 Å². The highest BCUT2D eigenvalue weighted by atomic mass is 16.5. The molecule has 4 nitrogen and oxygen atoms in total. The van der Waals surface area contributed by atoms with Crippen molar-refractivity contribution in [1.82, 2.24) is 9.55 Å². The van der Waals surface area contributed by atoms with E-state index in [4.69, 9.17) is 10.5 Å². The molecule has 0 aliphatic heterocycles. The second-order valence-corrected chi connectivity index (χ2v) is 3.81. The van der Waals surface area contributed by atoms with Gasteiger partial charge in [0.1, 0.15) is 0 Å². The molecule has 1 heterocycles. The highest BCUT2D eigenvalue weighted by molar-refractivity contribution is 5.02. The minimum Gasteiger partial charge on any atom is -0.375 e.